The van der Waals surface area contributed by atoms with Crippen molar-refractivity contribution in [2.75, 3.05) is 6.54 Å². The minimum Gasteiger partial charge on any atom is -0.391 e. The van der Waals surface area contributed by atoms with Gasteiger partial charge in [0.1, 0.15) is 0 Å². The molecule has 0 fully saturated rings. The number of halogens is 2. The summed E-state index contributed by atoms with van der Waals surface area (Å²) in [5, 5.41) is 12.6. The Morgan fingerprint density at radius 3 is 2.58 bits per heavy atom. The fourth-order valence-corrected chi connectivity index (χ4v) is 2.54. The molecule has 0 aliphatic heterocycles. The first-order valence-electron chi connectivity index (χ1n) is 6.10. The van der Waals surface area contributed by atoms with Gasteiger partial charge in [-0.2, -0.15) is 0 Å². The second kappa shape index (κ2) is 6.86. The quantitative estimate of drug-likeness (QED) is 0.819. The van der Waals surface area contributed by atoms with Crippen LogP contribution in [0.25, 0.3) is 0 Å². The zero-order valence-electron chi connectivity index (χ0n) is 11.3. The van der Waals surface area contributed by atoms with Crippen molar-refractivity contribution in [2.45, 2.75) is 33.3 Å². The van der Waals surface area contributed by atoms with Crippen LogP contribution in [0.2, 0.25) is 0 Å². The van der Waals surface area contributed by atoms with E-state index in [0.29, 0.717) is 12.0 Å². The van der Waals surface area contributed by atoms with Crippen molar-refractivity contribution < 1.29 is 9.90 Å². The van der Waals surface area contributed by atoms with Gasteiger partial charge >= 0.3 is 0 Å². The highest BCUT2D eigenvalue weighted by atomic mass is 79.9. The van der Waals surface area contributed by atoms with E-state index >= 15 is 0 Å². The van der Waals surface area contributed by atoms with Crippen LogP contribution >= 0.6 is 31.9 Å². The molecule has 0 heterocycles. The zero-order chi connectivity index (χ0) is 14.6. The fourth-order valence-electron chi connectivity index (χ4n) is 1.76. The number of hydrogen-bond acceptors (Lipinski definition) is 2. The van der Waals surface area contributed by atoms with Crippen molar-refractivity contribution >= 4 is 37.8 Å². The molecule has 0 aliphatic rings. The molecular formula is C14H19Br2NO2. The molecule has 0 bridgehead atoms. The number of amides is 1. The van der Waals surface area contributed by atoms with Gasteiger partial charge in [-0.25, -0.2) is 0 Å². The normalized spacial score (nSPS) is 13.2. The highest BCUT2D eigenvalue weighted by molar-refractivity contribution is 9.11. The molecule has 3 nitrogen and oxygen atoms in total. The van der Waals surface area contributed by atoms with Gasteiger partial charge in [0.2, 0.25) is 0 Å². The highest BCUT2D eigenvalue weighted by Gasteiger charge is 2.18. The van der Waals surface area contributed by atoms with E-state index in [1.54, 1.807) is 6.07 Å². The second-order valence-electron chi connectivity index (χ2n) is 5.75. The molecule has 0 radical (unpaired) electrons. The summed E-state index contributed by atoms with van der Waals surface area (Å²) < 4.78 is 1.58. The Balaban J connectivity index is 2.58. The first-order chi connectivity index (χ1) is 8.69. The van der Waals surface area contributed by atoms with E-state index in [1.165, 1.54) is 0 Å². The molecule has 1 amide bonds. The van der Waals surface area contributed by atoms with Crippen molar-refractivity contribution in [3.05, 3.63) is 32.7 Å². The summed E-state index contributed by atoms with van der Waals surface area (Å²) in [6, 6.07) is 5.41. The second-order valence-corrected chi connectivity index (χ2v) is 7.52. The van der Waals surface area contributed by atoms with Gasteiger partial charge in [0.25, 0.3) is 5.91 Å². The topological polar surface area (TPSA) is 49.3 Å². The average Bonchev–Trinajstić information content (AvgIpc) is 2.27. The Labute approximate surface area is 131 Å². The molecule has 1 unspecified atom stereocenters. The Morgan fingerprint density at radius 2 is 2.00 bits per heavy atom. The molecule has 0 saturated heterocycles. The monoisotopic (exact) mass is 391 g/mol. The Hall–Kier alpha value is -0.390. The predicted octanol–water partition coefficient (Wildman–Crippen LogP) is 3.74. The van der Waals surface area contributed by atoms with E-state index in [0.717, 1.165) is 8.95 Å². The average molecular weight is 393 g/mol. The van der Waals surface area contributed by atoms with Crippen LogP contribution < -0.4 is 5.32 Å². The van der Waals surface area contributed by atoms with Crippen molar-refractivity contribution in [1.29, 1.82) is 0 Å². The van der Waals surface area contributed by atoms with Crippen LogP contribution in [0.1, 0.15) is 37.6 Å². The lowest BCUT2D eigenvalue weighted by Gasteiger charge is -2.22. The van der Waals surface area contributed by atoms with Crippen LogP contribution in [0.3, 0.4) is 0 Å². The molecular weight excluding hydrogens is 374 g/mol. The Morgan fingerprint density at radius 1 is 1.37 bits per heavy atom. The number of aliphatic hydroxyl groups is 1. The van der Waals surface area contributed by atoms with Crippen molar-refractivity contribution in [3.8, 4) is 0 Å². The molecule has 19 heavy (non-hydrogen) atoms. The van der Waals surface area contributed by atoms with E-state index in [-0.39, 0.29) is 17.9 Å². The fraction of sp³-hybridized carbons (Fsp3) is 0.500. The SMILES string of the molecule is CC(C)(C)CC(O)CNC(=O)c1cc(Br)ccc1Br. The summed E-state index contributed by atoms with van der Waals surface area (Å²) in [6.07, 6.45) is 0.113. The third kappa shape index (κ3) is 6.06. The summed E-state index contributed by atoms with van der Waals surface area (Å²) in [5.74, 6) is -0.193. The predicted molar refractivity (Wildman–Crippen MR) is 84.3 cm³/mol. The standard InChI is InChI=1S/C14H19Br2NO2/c1-14(2,3)7-10(18)8-17-13(19)11-6-9(15)4-5-12(11)16/h4-6,10,18H,7-8H2,1-3H3,(H,17,19). The van der Waals surface area contributed by atoms with Crippen LogP contribution in [0, 0.1) is 5.41 Å². The van der Waals surface area contributed by atoms with Gasteiger partial charge in [-0.05, 0) is 46.0 Å². The number of rotatable bonds is 4. The third-order valence-electron chi connectivity index (χ3n) is 2.52. The number of benzene rings is 1. The van der Waals surface area contributed by atoms with Crippen LogP contribution in [0.5, 0.6) is 0 Å². The van der Waals surface area contributed by atoms with Gasteiger partial charge in [0.05, 0.1) is 11.7 Å². The van der Waals surface area contributed by atoms with Crippen molar-refractivity contribution in [1.82, 2.24) is 5.32 Å². The summed E-state index contributed by atoms with van der Waals surface area (Å²) in [5.41, 5.74) is 0.595. The number of carbonyl (C=O) groups is 1. The largest absolute Gasteiger partial charge is 0.391 e. The summed E-state index contributed by atoms with van der Waals surface area (Å²) in [6.45, 7) is 6.43. The maximum Gasteiger partial charge on any atom is 0.252 e. The molecule has 0 saturated carbocycles. The zero-order valence-corrected chi connectivity index (χ0v) is 14.5. The molecule has 0 aliphatic carbocycles. The minimum atomic E-state index is -0.533. The van der Waals surface area contributed by atoms with Crippen LogP contribution in [-0.2, 0) is 0 Å². The van der Waals surface area contributed by atoms with Crippen LogP contribution in [0.4, 0.5) is 0 Å². The lowest BCUT2D eigenvalue weighted by Crippen LogP contribution is -2.34. The maximum absolute atomic E-state index is 12.0. The smallest absolute Gasteiger partial charge is 0.252 e. The first-order valence-corrected chi connectivity index (χ1v) is 7.69. The summed E-state index contributed by atoms with van der Waals surface area (Å²) in [7, 11) is 0. The molecule has 0 spiro atoms. The van der Waals surface area contributed by atoms with Gasteiger partial charge in [-0.1, -0.05) is 36.7 Å². The van der Waals surface area contributed by atoms with E-state index in [1.807, 2.05) is 12.1 Å². The van der Waals surface area contributed by atoms with Gasteiger partial charge in [0, 0.05) is 15.5 Å². The van der Waals surface area contributed by atoms with E-state index in [9.17, 15) is 9.90 Å². The van der Waals surface area contributed by atoms with Crippen molar-refractivity contribution in [2.24, 2.45) is 5.41 Å². The number of nitrogens with one attached hydrogen (secondary N) is 1. The van der Waals surface area contributed by atoms with E-state index in [2.05, 4.69) is 57.9 Å². The molecule has 0 aromatic heterocycles. The van der Waals surface area contributed by atoms with Gasteiger partial charge in [0.15, 0.2) is 0 Å². The van der Waals surface area contributed by atoms with E-state index < -0.39 is 6.10 Å². The number of hydrogen-bond donors (Lipinski definition) is 2. The number of aliphatic hydroxyl groups excluding tert-OH is 1. The van der Waals surface area contributed by atoms with Crippen LogP contribution in [0.15, 0.2) is 27.1 Å². The molecule has 2 N–H and O–H groups in total. The number of carbonyl (C=O) groups excluding carboxylic acids is 1. The molecule has 1 atom stereocenters. The van der Waals surface area contributed by atoms with Gasteiger partial charge in [-0.3, -0.25) is 4.79 Å². The molecule has 5 heteroatoms. The summed E-state index contributed by atoms with van der Waals surface area (Å²) in [4.78, 5) is 12.0. The molecule has 106 valence electrons. The van der Waals surface area contributed by atoms with Gasteiger partial charge in [-0.15, -0.1) is 0 Å². The van der Waals surface area contributed by atoms with Crippen molar-refractivity contribution in [3.63, 3.8) is 0 Å². The first kappa shape index (κ1) is 16.7. The third-order valence-corrected chi connectivity index (χ3v) is 3.70. The molecule has 1 aromatic carbocycles. The molecule has 1 rings (SSSR count). The maximum atomic E-state index is 12.0. The molecule has 1 aromatic rings. The lowest BCUT2D eigenvalue weighted by molar-refractivity contribution is 0.0868. The Bertz CT molecular complexity index is 455. The lowest BCUT2D eigenvalue weighted by atomic mass is 9.89. The minimum absolute atomic E-state index is 0.0422. The highest BCUT2D eigenvalue weighted by Crippen LogP contribution is 2.22. The van der Waals surface area contributed by atoms with Crippen LogP contribution in [-0.4, -0.2) is 23.7 Å². The van der Waals surface area contributed by atoms with E-state index in [4.69, 9.17) is 0 Å². The van der Waals surface area contributed by atoms with Gasteiger partial charge < -0.3 is 10.4 Å². The summed E-state index contributed by atoms with van der Waals surface area (Å²) >= 11 is 6.68. The Kier molecular flexibility index (Phi) is 6.02.